The molecule has 13 heteroatoms. The first-order chi connectivity index (χ1) is 16.9. The fraction of sp³-hybridized carbons (Fsp3) is 0.273. The Balaban J connectivity index is 1.35. The van der Waals surface area contributed by atoms with Crippen LogP contribution in [-0.4, -0.2) is 52.2 Å². The summed E-state index contributed by atoms with van der Waals surface area (Å²) in [5.74, 6) is -3.54. The van der Waals surface area contributed by atoms with Gasteiger partial charge in [-0.25, -0.2) is 14.5 Å². The predicted octanol–water partition coefficient (Wildman–Crippen LogP) is 2.80. The maximum atomic E-state index is 15.6. The van der Waals surface area contributed by atoms with Crippen LogP contribution in [0.2, 0.25) is 0 Å². The van der Waals surface area contributed by atoms with Crippen molar-refractivity contribution in [1.82, 2.24) is 39.2 Å². The van der Waals surface area contributed by atoms with Crippen molar-refractivity contribution in [2.45, 2.75) is 25.4 Å². The topological polar surface area (TPSA) is 127 Å². The molecule has 0 atom stereocenters. The number of nitrogens with one attached hydrogen (secondary N) is 2. The molecule has 1 saturated carbocycles. The number of hydrogen-bond acceptors (Lipinski definition) is 7. The number of carbonyl (C=O) groups is 1. The van der Waals surface area contributed by atoms with Crippen molar-refractivity contribution >= 4 is 23.0 Å². The van der Waals surface area contributed by atoms with Crippen molar-refractivity contribution in [2.75, 3.05) is 12.4 Å². The number of anilines is 1. The van der Waals surface area contributed by atoms with Crippen molar-refractivity contribution in [3.63, 3.8) is 0 Å². The number of methoxy groups -OCH3 is 1. The van der Waals surface area contributed by atoms with E-state index in [1.165, 1.54) is 33.4 Å². The van der Waals surface area contributed by atoms with Gasteiger partial charge < -0.3 is 15.0 Å². The van der Waals surface area contributed by atoms with E-state index in [-0.39, 0.29) is 23.3 Å². The number of aromatic nitrogens is 8. The Morgan fingerprint density at radius 1 is 1.20 bits per heavy atom. The normalized spacial score (nSPS) is 14.1. The van der Waals surface area contributed by atoms with Gasteiger partial charge in [0.05, 0.1) is 24.7 Å². The highest BCUT2D eigenvalue weighted by Gasteiger charge is 2.41. The number of halogens is 2. The smallest absolute Gasteiger partial charge is 0.350 e. The highest BCUT2D eigenvalue weighted by atomic mass is 19.3. The Bertz CT molecular complexity index is 1570. The quantitative estimate of drug-likeness (QED) is 0.367. The van der Waals surface area contributed by atoms with Crippen molar-refractivity contribution in [1.29, 1.82) is 0 Å². The highest BCUT2D eigenvalue weighted by Crippen LogP contribution is 2.34. The summed E-state index contributed by atoms with van der Waals surface area (Å²) in [6.45, 7) is 0.347. The van der Waals surface area contributed by atoms with Crippen LogP contribution in [0.15, 0.2) is 42.9 Å². The number of nitrogens with zero attached hydrogens (tertiary/aromatic N) is 7. The number of alkyl halides is 2. The summed E-state index contributed by atoms with van der Waals surface area (Å²) in [6, 6.07) is 5.90. The van der Waals surface area contributed by atoms with Gasteiger partial charge in [-0.3, -0.25) is 9.20 Å². The van der Waals surface area contributed by atoms with E-state index in [4.69, 9.17) is 4.74 Å². The van der Waals surface area contributed by atoms with Gasteiger partial charge in [-0.1, -0.05) is 0 Å². The number of rotatable bonds is 7. The minimum Gasteiger partial charge on any atom is -0.378 e. The molecule has 5 aromatic heterocycles. The van der Waals surface area contributed by atoms with E-state index in [9.17, 15) is 4.79 Å². The van der Waals surface area contributed by atoms with Gasteiger partial charge in [0.25, 0.3) is 0 Å². The van der Waals surface area contributed by atoms with Gasteiger partial charge in [-0.2, -0.15) is 13.9 Å². The third-order valence-electron chi connectivity index (χ3n) is 5.73. The van der Waals surface area contributed by atoms with Crippen LogP contribution in [0, 0.1) is 5.92 Å². The molecule has 0 bridgehead atoms. The molecule has 0 aliphatic heterocycles. The maximum Gasteiger partial charge on any atom is 0.350 e. The Hall–Kier alpha value is -4.26. The largest absolute Gasteiger partial charge is 0.378 e. The molecule has 1 aliphatic rings. The van der Waals surface area contributed by atoms with E-state index < -0.39 is 17.4 Å². The summed E-state index contributed by atoms with van der Waals surface area (Å²) in [5.41, 5.74) is 1.37. The van der Waals surface area contributed by atoms with Crippen LogP contribution in [-0.2, 0) is 22.1 Å². The number of amides is 1. The molecule has 2 N–H and O–H groups in total. The van der Waals surface area contributed by atoms with Crippen molar-refractivity contribution < 1.29 is 18.3 Å². The van der Waals surface area contributed by atoms with E-state index in [1.54, 1.807) is 25.4 Å². The monoisotopic (exact) mass is 479 g/mol. The molecule has 0 radical (unpaired) electrons. The average molecular weight is 479 g/mol. The molecule has 1 amide bonds. The van der Waals surface area contributed by atoms with E-state index in [0.717, 1.165) is 18.5 Å². The number of fused-ring (bicyclic) bond motifs is 2. The molecule has 11 nitrogen and oxygen atoms in total. The fourth-order valence-electron chi connectivity index (χ4n) is 3.78. The summed E-state index contributed by atoms with van der Waals surface area (Å²) in [6.07, 6.45) is 6.21. The molecule has 6 rings (SSSR count). The van der Waals surface area contributed by atoms with Gasteiger partial charge in [0, 0.05) is 24.8 Å². The van der Waals surface area contributed by atoms with Gasteiger partial charge >= 0.3 is 5.92 Å². The predicted molar refractivity (Wildman–Crippen MR) is 119 cm³/mol. The van der Waals surface area contributed by atoms with Gasteiger partial charge in [0.15, 0.2) is 17.1 Å². The van der Waals surface area contributed by atoms with Crippen molar-refractivity contribution in [2.24, 2.45) is 5.92 Å². The molecular formula is C22H19F2N9O2. The summed E-state index contributed by atoms with van der Waals surface area (Å²) < 4.78 is 38.7. The van der Waals surface area contributed by atoms with Crippen molar-refractivity contribution in [3.8, 4) is 11.4 Å². The third-order valence-corrected chi connectivity index (χ3v) is 5.73. The van der Waals surface area contributed by atoms with Crippen LogP contribution >= 0.6 is 0 Å². The van der Waals surface area contributed by atoms with E-state index in [2.05, 4.69) is 35.6 Å². The van der Waals surface area contributed by atoms with Crippen molar-refractivity contribution in [3.05, 3.63) is 60.1 Å². The standard InChI is InChI=1S/C22H19F2N9O2/c1-35-11-14-8-25-19(26-14)13-4-6-18-29-30-21(32(18)9-13)22(23,24)15-5-7-17-27-16(10-33(17)31-15)28-20(34)12-2-3-12/h4-10,12H,2-3,11H2,1H3,(H,25,26)(H,28,34). The van der Waals surface area contributed by atoms with Gasteiger partial charge in [-0.15, -0.1) is 10.2 Å². The second-order valence-electron chi connectivity index (χ2n) is 8.35. The number of imidazole rings is 2. The Morgan fingerprint density at radius 2 is 2.03 bits per heavy atom. The Labute approximate surface area is 196 Å². The number of ether oxygens (including phenoxy) is 1. The third kappa shape index (κ3) is 3.79. The molecular weight excluding hydrogens is 460 g/mol. The van der Waals surface area contributed by atoms with Crippen LogP contribution in [0.3, 0.4) is 0 Å². The molecule has 0 spiro atoms. The van der Waals surface area contributed by atoms with Crippen LogP contribution < -0.4 is 5.32 Å². The minimum atomic E-state index is -3.57. The summed E-state index contributed by atoms with van der Waals surface area (Å²) >= 11 is 0. The number of carbonyl (C=O) groups excluding carboxylic acids is 1. The first-order valence-electron chi connectivity index (χ1n) is 10.9. The van der Waals surface area contributed by atoms with Crippen LogP contribution in [0.5, 0.6) is 0 Å². The van der Waals surface area contributed by atoms with Gasteiger partial charge in [0.2, 0.25) is 11.7 Å². The first kappa shape index (κ1) is 21.3. The molecule has 35 heavy (non-hydrogen) atoms. The highest BCUT2D eigenvalue weighted by molar-refractivity contribution is 5.93. The molecule has 5 heterocycles. The van der Waals surface area contributed by atoms with Crippen LogP contribution in [0.4, 0.5) is 14.6 Å². The lowest BCUT2D eigenvalue weighted by atomic mass is 10.2. The van der Waals surface area contributed by atoms with E-state index >= 15 is 8.78 Å². The molecule has 5 aromatic rings. The zero-order chi connectivity index (χ0) is 24.2. The lowest BCUT2D eigenvalue weighted by molar-refractivity contribution is -0.117. The Morgan fingerprint density at radius 3 is 2.83 bits per heavy atom. The van der Waals surface area contributed by atoms with E-state index in [1.807, 2.05) is 0 Å². The number of aromatic amines is 1. The summed E-state index contributed by atoms with van der Waals surface area (Å²) in [4.78, 5) is 23.6. The SMILES string of the molecule is COCc1cnc(-c2ccc3nnc(C(F)(F)c4ccc5nc(NC(=O)C6CC6)cn5n4)n3c2)[nH]1. The number of pyridine rings is 1. The lowest BCUT2D eigenvalue weighted by Gasteiger charge is -2.14. The molecule has 178 valence electrons. The van der Waals surface area contributed by atoms with Crippen LogP contribution in [0.25, 0.3) is 22.7 Å². The number of hydrogen-bond donors (Lipinski definition) is 2. The van der Waals surface area contributed by atoms with Gasteiger partial charge in [-0.05, 0) is 37.1 Å². The van der Waals surface area contributed by atoms with E-state index in [0.29, 0.717) is 23.6 Å². The molecule has 0 aromatic carbocycles. The fourth-order valence-corrected chi connectivity index (χ4v) is 3.78. The maximum absolute atomic E-state index is 15.6. The molecule has 1 aliphatic carbocycles. The number of H-pyrrole nitrogens is 1. The first-order valence-corrected chi connectivity index (χ1v) is 10.9. The summed E-state index contributed by atoms with van der Waals surface area (Å²) in [5, 5.41) is 14.4. The summed E-state index contributed by atoms with van der Waals surface area (Å²) in [7, 11) is 1.57. The lowest BCUT2D eigenvalue weighted by Crippen LogP contribution is -2.22. The molecule has 1 fully saturated rings. The van der Waals surface area contributed by atoms with Crippen LogP contribution in [0.1, 0.15) is 30.1 Å². The zero-order valence-corrected chi connectivity index (χ0v) is 18.4. The second kappa shape index (κ2) is 7.91. The average Bonchev–Trinajstić information content (AvgIpc) is 3.25. The second-order valence-corrected chi connectivity index (χ2v) is 8.35. The Kier molecular flexibility index (Phi) is 4.81. The van der Waals surface area contributed by atoms with Gasteiger partial charge in [0.1, 0.15) is 11.5 Å². The molecule has 0 unspecified atom stereocenters. The zero-order valence-electron chi connectivity index (χ0n) is 18.4. The minimum absolute atomic E-state index is 0.00785. The molecule has 0 saturated heterocycles.